The first-order valence-corrected chi connectivity index (χ1v) is 6.69. The monoisotopic (exact) mass is 282 g/mol. The second kappa shape index (κ2) is 6.20. The minimum absolute atomic E-state index is 0.0350. The number of carbonyl (C=O) groups excluding carboxylic acids is 1. The summed E-state index contributed by atoms with van der Waals surface area (Å²) in [5, 5.41) is 0.669. The van der Waals surface area contributed by atoms with Gasteiger partial charge < -0.3 is 4.74 Å². The topological polar surface area (TPSA) is 26.3 Å². The van der Waals surface area contributed by atoms with Crippen molar-refractivity contribution in [1.82, 2.24) is 0 Å². The molecule has 2 nitrogen and oxygen atoms in total. The second-order valence-corrected chi connectivity index (χ2v) is 5.24. The number of benzene rings is 1. The van der Waals surface area contributed by atoms with Crippen molar-refractivity contribution in [3.05, 3.63) is 46.8 Å². The smallest absolute Gasteiger partial charge is 0.303 e. The quantitative estimate of drug-likeness (QED) is 0.755. The summed E-state index contributed by atoms with van der Waals surface area (Å²) in [6.45, 7) is 0.983. The summed E-state index contributed by atoms with van der Waals surface area (Å²) < 4.78 is 18.4. The minimum Gasteiger partial charge on any atom is -0.459 e. The Balaban J connectivity index is 2.09. The van der Waals surface area contributed by atoms with E-state index < -0.39 is 11.8 Å². The molecule has 19 heavy (non-hydrogen) atoms. The fraction of sp³-hybridized carbons (Fsp3) is 0.400. The van der Waals surface area contributed by atoms with Gasteiger partial charge in [-0.25, -0.2) is 4.39 Å². The van der Waals surface area contributed by atoms with E-state index in [0.29, 0.717) is 10.9 Å². The SMILES string of the molecule is CC(=O)OCC(F)=CC(c1ccc(Cl)cc1)C1CC1. The summed E-state index contributed by atoms with van der Waals surface area (Å²) in [6, 6.07) is 7.45. The Kier molecular flexibility index (Phi) is 4.59. The van der Waals surface area contributed by atoms with Crippen LogP contribution in [0.25, 0.3) is 0 Å². The van der Waals surface area contributed by atoms with Crippen LogP contribution in [0.2, 0.25) is 5.02 Å². The third kappa shape index (κ3) is 4.35. The molecule has 0 N–H and O–H groups in total. The molecule has 2 rings (SSSR count). The molecule has 0 spiro atoms. The van der Waals surface area contributed by atoms with Gasteiger partial charge >= 0.3 is 5.97 Å². The van der Waals surface area contributed by atoms with Crippen molar-refractivity contribution >= 4 is 17.6 Å². The van der Waals surface area contributed by atoms with Crippen molar-refractivity contribution in [1.29, 1.82) is 0 Å². The van der Waals surface area contributed by atoms with E-state index in [-0.39, 0.29) is 12.5 Å². The molecule has 1 atom stereocenters. The van der Waals surface area contributed by atoms with Crippen LogP contribution in [-0.2, 0) is 9.53 Å². The van der Waals surface area contributed by atoms with Crippen molar-refractivity contribution in [2.24, 2.45) is 5.92 Å². The van der Waals surface area contributed by atoms with Crippen LogP contribution in [0.4, 0.5) is 4.39 Å². The zero-order valence-electron chi connectivity index (χ0n) is 10.7. The maximum atomic E-state index is 13.7. The summed E-state index contributed by atoms with van der Waals surface area (Å²) in [7, 11) is 0. The normalized spacial score (nSPS) is 17.1. The van der Waals surface area contributed by atoms with Crippen LogP contribution < -0.4 is 0 Å². The number of ether oxygens (including phenoxy) is 1. The molecule has 0 saturated heterocycles. The van der Waals surface area contributed by atoms with Crippen LogP contribution in [-0.4, -0.2) is 12.6 Å². The molecule has 4 heteroatoms. The molecule has 1 fully saturated rings. The van der Waals surface area contributed by atoms with Gasteiger partial charge in [0.15, 0.2) is 0 Å². The number of allylic oxidation sites excluding steroid dienone is 1. The van der Waals surface area contributed by atoms with E-state index in [9.17, 15) is 9.18 Å². The molecular formula is C15H16ClFO2. The van der Waals surface area contributed by atoms with Gasteiger partial charge in [0.05, 0.1) is 0 Å². The van der Waals surface area contributed by atoms with E-state index in [1.54, 1.807) is 6.08 Å². The van der Waals surface area contributed by atoms with Gasteiger partial charge in [0.25, 0.3) is 0 Å². The average Bonchev–Trinajstić information content (AvgIpc) is 3.19. The van der Waals surface area contributed by atoms with E-state index in [4.69, 9.17) is 11.6 Å². The van der Waals surface area contributed by atoms with Crippen LogP contribution in [0.5, 0.6) is 0 Å². The highest BCUT2D eigenvalue weighted by atomic mass is 35.5. The maximum absolute atomic E-state index is 13.7. The first-order chi connectivity index (χ1) is 9.06. The molecule has 0 bridgehead atoms. The van der Waals surface area contributed by atoms with Gasteiger partial charge in [0.1, 0.15) is 12.4 Å². The standard InChI is InChI=1S/C15H16ClFO2/c1-10(18)19-9-14(17)8-15(11-2-3-11)12-4-6-13(16)7-5-12/h4-8,11,15H,2-3,9H2,1H3. The maximum Gasteiger partial charge on any atom is 0.303 e. The van der Waals surface area contributed by atoms with Crippen LogP contribution in [0.1, 0.15) is 31.2 Å². The van der Waals surface area contributed by atoms with E-state index in [2.05, 4.69) is 4.74 Å². The number of hydrogen-bond acceptors (Lipinski definition) is 2. The molecular weight excluding hydrogens is 267 g/mol. The van der Waals surface area contributed by atoms with Crippen molar-refractivity contribution in [2.45, 2.75) is 25.7 Å². The van der Waals surface area contributed by atoms with Gasteiger partial charge in [-0.15, -0.1) is 0 Å². The van der Waals surface area contributed by atoms with E-state index in [1.807, 2.05) is 24.3 Å². The first-order valence-electron chi connectivity index (χ1n) is 6.31. The Morgan fingerprint density at radius 2 is 2.11 bits per heavy atom. The lowest BCUT2D eigenvalue weighted by Crippen LogP contribution is -2.04. The Labute approximate surface area is 117 Å². The summed E-state index contributed by atoms with van der Waals surface area (Å²) in [5.41, 5.74) is 1.05. The Hall–Kier alpha value is -1.35. The third-order valence-electron chi connectivity index (χ3n) is 3.16. The number of carbonyl (C=O) groups is 1. The number of hydrogen-bond donors (Lipinski definition) is 0. The molecule has 1 saturated carbocycles. The van der Waals surface area contributed by atoms with E-state index in [1.165, 1.54) is 6.92 Å². The molecule has 1 aliphatic carbocycles. The minimum atomic E-state index is -0.474. The molecule has 0 aliphatic heterocycles. The Morgan fingerprint density at radius 3 is 2.63 bits per heavy atom. The van der Waals surface area contributed by atoms with Gasteiger partial charge in [-0.2, -0.15) is 0 Å². The summed E-state index contributed by atoms with van der Waals surface area (Å²) in [5.74, 6) is -0.364. The summed E-state index contributed by atoms with van der Waals surface area (Å²) in [6.07, 6.45) is 3.76. The highest BCUT2D eigenvalue weighted by molar-refractivity contribution is 6.30. The lowest BCUT2D eigenvalue weighted by atomic mass is 9.93. The number of esters is 1. The van der Waals surface area contributed by atoms with Crippen LogP contribution >= 0.6 is 11.6 Å². The van der Waals surface area contributed by atoms with Crippen molar-refractivity contribution in [3.63, 3.8) is 0 Å². The molecule has 0 aromatic heterocycles. The lowest BCUT2D eigenvalue weighted by molar-refractivity contribution is -0.140. The molecule has 1 aliphatic rings. The molecule has 1 aromatic rings. The van der Waals surface area contributed by atoms with Crippen molar-refractivity contribution < 1.29 is 13.9 Å². The lowest BCUT2D eigenvalue weighted by Gasteiger charge is -2.13. The predicted molar refractivity (Wildman–Crippen MR) is 72.7 cm³/mol. The summed E-state index contributed by atoms with van der Waals surface area (Å²) >= 11 is 5.85. The van der Waals surface area contributed by atoms with Gasteiger partial charge in [-0.05, 0) is 42.5 Å². The fourth-order valence-corrected chi connectivity index (χ4v) is 2.18. The number of rotatable bonds is 5. The highest BCUT2D eigenvalue weighted by Crippen LogP contribution is 2.44. The van der Waals surface area contributed by atoms with E-state index in [0.717, 1.165) is 18.4 Å². The molecule has 102 valence electrons. The van der Waals surface area contributed by atoms with Crippen molar-refractivity contribution in [2.75, 3.05) is 6.61 Å². The highest BCUT2D eigenvalue weighted by Gasteiger charge is 2.31. The van der Waals surface area contributed by atoms with Crippen LogP contribution in [0.15, 0.2) is 36.2 Å². The third-order valence-corrected chi connectivity index (χ3v) is 3.41. The van der Waals surface area contributed by atoms with Crippen molar-refractivity contribution in [3.8, 4) is 0 Å². The first kappa shape index (κ1) is 14.1. The molecule has 1 aromatic carbocycles. The second-order valence-electron chi connectivity index (χ2n) is 4.81. The van der Waals surface area contributed by atoms with Gasteiger partial charge in [0, 0.05) is 17.9 Å². The summed E-state index contributed by atoms with van der Waals surface area (Å²) in [4.78, 5) is 10.7. The van der Waals surface area contributed by atoms with Gasteiger partial charge in [-0.1, -0.05) is 23.7 Å². The zero-order valence-corrected chi connectivity index (χ0v) is 11.5. The Bertz CT molecular complexity index is 477. The van der Waals surface area contributed by atoms with Gasteiger partial charge in [-0.3, -0.25) is 4.79 Å². The Morgan fingerprint density at radius 1 is 1.47 bits per heavy atom. The molecule has 0 heterocycles. The van der Waals surface area contributed by atoms with Gasteiger partial charge in [0.2, 0.25) is 0 Å². The number of halogens is 2. The zero-order chi connectivity index (χ0) is 13.8. The molecule has 1 unspecified atom stereocenters. The fourth-order valence-electron chi connectivity index (χ4n) is 2.06. The average molecular weight is 283 g/mol. The van der Waals surface area contributed by atoms with Crippen LogP contribution in [0.3, 0.4) is 0 Å². The molecule has 0 radical (unpaired) electrons. The van der Waals surface area contributed by atoms with E-state index >= 15 is 0 Å². The molecule has 0 amide bonds. The predicted octanol–water partition coefficient (Wildman–Crippen LogP) is 4.25. The largest absolute Gasteiger partial charge is 0.459 e. The van der Waals surface area contributed by atoms with Crippen LogP contribution in [0, 0.1) is 5.92 Å².